The second kappa shape index (κ2) is 13.2. The SMILES string of the molecule is C=CC(O)Nc1cc(NC2=NC3=CI(C=CN3)C(C(C=N)=C[NH2+]C)=N2)c(OC)cc1N1CCC(N(C)C)CC1. The molecule has 0 aliphatic carbocycles. The molecule has 1 unspecified atom stereocenters. The first-order valence-electron chi connectivity index (χ1n) is 12.8. The first-order valence-corrected chi connectivity index (χ1v) is 16.4. The van der Waals surface area contributed by atoms with Crippen molar-refractivity contribution < 1.29 is 15.2 Å². The van der Waals surface area contributed by atoms with Gasteiger partial charge in [0.2, 0.25) is 0 Å². The Hall–Kier alpha value is -3.20. The molecular weight excluding hydrogens is 609 g/mol. The van der Waals surface area contributed by atoms with Gasteiger partial charge < -0.3 is 4.90 Å². The fourth-order valence-electron chi connectivity index (χ4n) is 4.59. The van der Waals surface area contributed by atoms with Crippen molar-refractivity contribution in [3.05, 3.63) is 56.7 Å². The molecule has 11 nitrogen and oxygen atoms in total. The Balaban J connectivity index is 1.71. The van der Waals surface area contributed by atoms with Crippen LogP contribution in [0.15, 0.2) is 66.7 Å². The van der Waals surface area contributed by atoms with Gasteiger partial charge in [-0.15, -0.1) is 0 Å². The molecule has 4 rings (SSSR count). The Morgan fingerprint density at radius 1 is 1.33 bits per heavy atom. The molecule has 210 valence electrons. The van der Waals surface area contributed by atoms with Crippen LogP contribution in [0.2, 0.25) is 0 Å². The van der Waals surface area contributed by atoms with Crippen molar-refractivity contribution in [2.75, 3.05) is 56.9 Å². The summed E-state index contributed by atoms with van der Waals surface area (Å²) in [6.45, 7) is 5.50. The van der Waals surface area contributed by atoms with E-state index in [2.05, 4.69) is 54.6 Å². The summed E-state index contributed by atoms with van der Waals surface area (Å²) in [5.74, 6) is 1.76. The van der Waals surface area contributed by atoms with Gasteiger partial charge in [-0.2, -0.15) is 0 Å². The number of hydrogen-bond donors (Lipinski definition) is 6. The maximum atomic E-state index is 10.4. The molecule has 1 aromatic rings. The quantitative estimate of drug-likeness (QED) is 0.0993. The van der Waals surface area contributed by atoms with Crippen molar-refractivity contribution in [2.45, 2.75) is 25.1 Å². The number of anilines is 3. The van der Waals surface area contributed by atoms with Crippen LogP contribution in [0.3, 0.4) is 0 Å². The third-order valence-electron chi connectivity index (χ3n) is 6.65. The van der Waals surface area contributed by atoms with Crippen molar-refractivity contribution in [1.82, 2.24) is 10.2 Å². The minimum atomic E-state index is -1.94. The Bertz CT molecular complexity index is 1230. The predicted molar refractivity (Wildman–Crippen MR) is 169 cm³/mol. The predicted octanol–water partition coefficient (Wildman–Crippen LogP) is 2.43. The van der Waals surface area contributed by atoms with Crippen molar-refractivity contribution >= 4 is 52.8 Å². The molecule has 7 N–H and O–H groups in total. The van der Waals surface area contributed by atoms with Gasteiger partial charge >= 0.3 is 219 Å². The number of quaternary nitrogens is 1. The number of aliphatic hydroxyl groups excluding tert-OH is 1. The van der Waals surface area contributed by atoms with Crippen molar-refractivity contribution in [2.24, 2.45) is 9.98 Å². The van der Waals surface area contributed by atoms with Gasteiger partial charge in [-0.3, -0.25) is 0 Å². The van der Waals surface area contributed by atoms with E-state index < -0.39 is 26.0 Å². The maximum absolute atomic E-state index is 10.4. The number of nitrogens with two attached hydrogens (primary N) is 1. The number of methoxy groups -OCH3 is 1. The molecule has 3 heterocycles. The van der Waals surface area contributed by atoms with Crippen LogP contribution < -0.4 is 30.9 Å². The summed E-state index contributed by atoms with van der Waals surface area (Å²) in [4.78, 5) is 14.2. The van der Waals surface area contributed by atoms with Crippen LogP contribution in [0.4, 0.5) is 17.1 Å². The number of nitrogens with zero attached hydrogens (tertiary/aromatic N) is 4. The zero-order chi connectivity index (χ0) is 27.9. The number of hydrogen-bond acceptors (Lipinski definition) is 10. The van der Waals surface area contributed by atoms with Crippen LogP contribution in [0.5, 0.6) is 5.75 Å². The number of aliphatic imine (C=N–C) groups is 2. The summed E-state index contributed by atoms with van der Waals surface area (Å²) in [5, 5.41) is 30.0. The molecule has 3 aliphatic rings. The molecule has 1 saturated heterocycles. The van der Waals surface area contributed by atoms with Gasteiger partial charge in [-0.25, -0.2) is 0 Å². The number of guanidine groups is 1. The van der Waals surface area contributed by atoms with Crippen LogP contribution >= 0.6 is 19.8 Å². The molecule has 0 saturated carbocycles. The summed E-state index contributed by atoms with van der Waals surface area (Å²) in [7, 11) is 7.82. The summed E-state index contributed by atoms with van der Waals surface area (Å²) in [5.41, 5.74) is 3.12. The number of rotatable bonds is 10. The molecular formula is C27H39IN9O2+. The molecule has 1 aromatic carbocycles. The average molecular weight is 649 g/mol. The molecule has 1 atom stereocenters. The van der Waals surface area contributed by atoms with E-state index in [1.165, 1.54) is 12.3 Å². The van der Waals surface area contributed by atoms with Crippen LogP contribution in [0.25, 0.3) is 0 Å². The second-order valence-corrected chi connectivity index (χ2v) is 13.7. The first kappa shape index (κ1) is 28.8. The Morgan fingerprint density at radius 2 is 2.10 bits per heavy atom. The fraction of sp³-hybridized carbons (Fsp3) is 0.370. The van der Waals surface area contributed by atoms with Gasteiger partial charge in [-0.1, -0.05) is 0 Å². The van der Waals surface area contributed by atoms with Crippen LogP contribution in [0.1, 0.15) is 12.8 Å². The topological polar surface area (TPSA) is 137 Å². The van der Waals surface area contributed by atoms with E-state index in [1.807, 2.05) is 36.9 Å². The normalized spacial score (nSPS) is 19.3. The molecule has 0 amide bonds. The van der Waals surface area contributed by atoms with E-state index in [0.717, 1.165) is 52.4 Å². The van der Waals surface area contributed by atoms with Crippen molar-refractivity contribution in [3.63, 3.8) is 0 Å². The van der Waals surface area contributed by atoms with Gasteiger partial charge in [-0.05, 0) is 14.1 Å². The van der Waals surface area contributed by atoms with Gasteiger partial charge in [0.15, 0.2) is 0 Å². The van der Waals surface area contributed by atoms with Gasteiger partial charge in [0.25, 0.3) is 0 Å². The molecule has 12 heteroatoms. The molecule has 0 spiro atoms. The van der Waals surface area contributed by atoms with E-state index in [9.17, 15) is 5.11 Å². The first-order chi connectivity index (χ1) is 18.9. The molecule has 0 aromatic heterocycles. The number of piperidine rings is 1. The molecule has 0 radical (unpaired) electrons. The van der Waals surface area contributed by atoms with E-state index in [1.54, 1.807) is 7.11 Å². The number of halogens is 1. The fourth-order valence-corrected chi connectivity index (χ4v) is 8.52. The summed E-state index contributed by atoms with van der Waals surface area (Å²) in [6.07, 6.45) is 7.80. The summed E-state index contributed by atoms with van der Waals surface area (Å²) in [6, 6.07) is 4.45. The third-order valence-corrected chi connectivity index (χ3v) is 11.1. The third kappa shape index (κ3) is 6.87. The van der Waals surface area contributed by atoms with Gasteiger partial charge in [0, 0.05) is 0 Å². The monoisotopic (exact) mass is 648 g/mol. The van der Waals surface area contributed by atoms with E-state index in [-0.39, 0.29) is 0 Å². The zero-order valence-corrected chi connectivity index (χ0v) is 25.1. The number of benzene rings is 1. The Morgan fingerprint density at radius 3 is 2.74 bits per heavy atom. The van der Waals surface area contributed by atoms with E-state index in [0.29, 0.717) is 23.4 Å². The van der Waals surface area contributed by atoms with Crippen LogP contribution in [-0.4, -0.2) is 79.5 Å². The number of ether oxygens (including phenoxy) is 1. The van der Waals surface area contributed by atoms with E-state index in [4.69, 9.17) is 20.1 Å². The molecule has 1 fully saturated rings. The van der Waals surface area contributed by atoms with E-state index >= 15 is 0 Å². The number of nitrogens with one attached hydrogen (secondary N) is 4. The van der Waals surface area contributed by atoms with Crippen LogP contribution in [0, 0.1) is 5.41 Å². The number of aliphatic hydroxyl groups is 1. The number of fused-ring (bicyclic) bond motifs is 1. The Kier molecular flexibility index (Phi) is 9.78. The Labute approximate surface area is 237 Å². The minimum absolute atomic E-state index is 0.393. The molecule has 3 aliphatic heterocycles. The van der Waals surface area contributed by atoms with Crippen LogP contribution in [-0.2, 0) is 0 Å². The molecule has 39 heavy (non-hydrogen) atoms. The summed E-state index contributed by atoms with van der Waals surface area (Å²) < 4.78 is 11.0. The van der Waals surface area contributed by atoms with Gasteiger partial charge in [0.05, 0.1) is 0 Å². The standard InChI is InChI=1S/C27H38IN9O2/c1-6-25(38)32-20-13-21(23(39-5)14-22(20)37-11-7-19(8-12-37)36(3)4)33-27-34-24-15-28(9-10-31-24)26(35-27)18(16-29)17-30-2/h6,9-10,13-17,19,25,29-32,38H,1,7-8,11-12H2,2-5H3,(H,33,34)/p+1. The zero-order valence-electron chi connectivity index (χ0n) is 22.9. The average Bonchev–Trinajstić information content (AvgIpc) is 3.06. The van der Waals surface area contributed by atoms with Crippen molar-refractivity contribution in [3.8, 4) is 5.75 Å². The van der Waals surface area contributed by atoms with Gasteiger partial charge in [0.1, 0.15) is 0 Å². The number of allylic oxidation sites excluding steroid dienone is 1. The molecule has 2 bridgehead atoms. The second-order valence-electron chi connectivity index (χ2n) is 9.41. The summed E-state index contributed by atoms with van der Waals surface area (Å²) >= 11 is -1.94. The van der Waals surface area contributed by atoms with Crippen molar-refractivity contribution in [1.29, 1.82) is 5.41 Å².